The van der Waals surface area contributed by atoms with Crippen LogP contribution in [0.1, 0.15) is 31.4 Å². The van der Waals surface area contributed by atoms with Gasteiger partial charge >= 0.3 is 6.11 Å². The molecule has 4 nitrogen and oxygen atoms in total. The first-order chi connectivity index (χ1) is 9.89. The van der Waals surface area contributed by atoms with Crippen molar-refractivity contribution in [3.05, 3.63) is 23.3 Å². The number of nitrogens with two attached hydrogens (primary N) is 1. The van der Waals surface area contributed by atoms with E-state index in [0.29, 0.717) is 12.2 Å². The third kappa shape index (κ3) is 4.28. The van der Waals surface area contributed by atoms with E-state index in [1.807, 2.05) is 6.92 Å². The Morgan fingerprint density at radius 3 is 2.33 bits per heavy atom. The molecule has 0 aliphatic rings. The maximum absolute atomic E-state index is 13.9. The molecule has 0 fully saturated rings. The van der Waals surface area contributed by atoms with Crippen molar-refractivity contribution >= 4 is 0 Å². The summed E-state index contributed by atoms with van der Waals surface area (Å²) in [5.41, 5.74) is 6.33. The molecule has 0 bridgehead atoms. The van der Waals surface area contributed by atoms with Gasteiger partial charge in [0.05, 0.1) is 19.3 Å². The van der Waals surface area contributed by atoms with Gasteiger partial charge in [0, 0.05) is 13.2 Å². The quantitative estimate of drug-likeness (QED) is 0.802. The second-order valence-corrected chi connectivity index (χ2v) is 4.69. The van der Waals surface area contributed by atoms with Crippen LogP contribution in [0.5, 0.6) is 11.5 Å². The molecule has 1 rings (SSSR count). The van der Waals surface area contributed by atoms with Crippen LogP contribution in [0, 0.1) is 0 Å². The highest BCUT2D eigenvalue weighted by Crippen LogP contribution is 2.40. The van der Waals surface area contributed by atoms with Crippen molar-refractivity contribution < 1.29 is 23.0 Å². The van der Waals surface area contributed by atoms with Crippen LogP contribution in [0.25, 0.3) is 0 Å². The summed E-state index contributed by atoms with van der Waals surface area (Å²) in [7, 11) is 2.38. The summed E-state index contributed by atoms with van der Waals surface area (Å²) in [5.74, 6) is 0.442. The lowest BCUT2D eigenvalue weighted by Gasteiger charge is -2.21. The smallest absolute Gasteiger partial charge is 0.386 e. The van der Waals surface area contributed by atoms with Crippen molar-refractivity contribution in [2.75, 3.05) is 20.8 Å². The lowest BCUT2D eigenvalue weighted by atomic mass is 10.0. The summed E-state index contributed by atoms with van der Waals surface area (Å²) in [6.07, 6.45) is -2.13. The molecule has 1 atom stereocenters. The summed E-state index contributed by atoms with van der Waals surface area (Å²) in [6, 6.07) is 2.74. The van der Waals surface area contributed by atoms with E-state index >= 15 is 0 Å². The number of benzene rings is 1. The zero-order valence-electron chi connectivity index (χ0n) is 12.9. The van der Waals surface area contributed by atoms with Crippen molar-refractivity contribution in [2.45, 2.75) is 38.8 Å². The average molecular weight is 303 g/mol. The second-order valence-electron chi connectivity index (χ2n) is 4.69. The molecular weight excluding hydrogens is 280 g/mol. The second kappa shape index (κ2) is 7.56. The van der Waals surface area contributed by atoms with Gasteiger partial charge in [0.25, 0.3) is 0 Å². The topological polar surface area (TPSA) is 53.7 Å². The number of halogens is 2. The Morgan fingerprint density at radius 2 is 1.86 bits per heavy atom. The van der Waals surface area contributed by atoms with Crippen LogP contribution in [0.2, 0.25) is 0 Å². The van der Waals surface area contributed by atoms with Gasteiger partial charge in [-0.3, -0.25) is 0 Å². The zero-order valence-corrected chi connectivity index (χ0v) is 12.9. The average Bonchev–Trinajstić information content (AvgIpc) is 2.47. The molecule has 21 heavy (non-hydrogen) atoms. The standard InChI is InChI=1S/C15H23F2NO3/c1-5-11(18)7-10-8-14(21-6-2)12(9-13(10)19-3)15(16,17)20-4/h8-9,11H,5-7,18H2,1-4H3. The van der Waals surface area contributed by atoms with Crippen molar-refractivity contribution in [3.63, 3.8) is 0 Å². The summed E-state index contributed by atoms with van der Waals surface area (Å²) in [6.45, 7) is 3.98. The van der Waals surface area contributed by atoms with Crippen molar-refractivity contribution in [3.8, 4) is 11.5 Å². The monoisotopic (exact) mass is 303 g/mol. The van der Waals surface area contributed by atoms with Crippen molar-refractivity contribution in [2.24, 2.45) is 5.73 Å². The summed E-state index contributed by atoms with van der Waals surface area (Å²) in [4.78, 5) is 0. The lowest BCUT2D eigenvalue weighted by molar-refractivity contribution is -0.232. The molecule has 0 saturated carbocycles. The van der Waals surface area contributed by atoms with Gasteiger partial charge in [-0.05, 0) is 37.5 Å². The third-order valence-electron chi connectivity index (χ3n) is 3.26. The van der Waals surface area contributed by atoms with E-state index in [4.69, 9.17) is 15.2 Å². The lowest BCUT2D eigenvalue weighted by Crippen LogP contribution is -2.22. The zero-order chi connectivity index (χ0) is 16.0. The Bertz CT molecular complexity index is 466. The van der Waals surface area contributed by atoms with Crippen LogP contribution < -0.4 is 15.2 Å². The van der Waals surface area contributed by atoms with Crippen LogP contribution in [0.3, 0.4) is 0 Å². The van der Waals surface area contributed by atoms with Crippen LogP contribution >= 0.6 is 0 Å². The van der Waals surface area contributed by atoms with Gasteiger partial charge in [-0.15, -0.1) is 0 Å². The van der Waals surface area contributed by atoms with Gasteiger partial charge in [0.2, 0.25) is 0 Å². The normalized spacial score (nSPS) is 13.1. The molecule has 0 spiro atoms. The molecule has 1 aromatic rings. The number of ether oxygens (including phenoxy) is 3. The van der Waals surface area contributed by atoms with Crippen LogP contribution in [0.4, 0.5) is 8.78 Å². The van der Waals surface area contributed by atoms with E-state index < -0.39 is 6.11 Å². The number of hydrogen-bond acceptors (Lipinski definition) is 4. The van der Waals surface area contributed by atoms with Crippen molar-refractivity contribution in [1.82, 2.24) is 0 Å². The molecule has 2 N–H and O–H groups in total. The summed E-state index contributed by atoms with van der Waals surface area (Å²) in [5, 5.41) is 0. The Hall–Kier alpha value is -1.40. The molecule has 0 aromatic heterocycles. The van der Waals surface area contributed by atoms with E-state index in [1.54, 1.807) is 13.0 Å². The largest absolute Gasteiger partial charge is 0.496 e. The fourth-order valence-corrected chi connectivity index (χ4v) is 1.99. The first-order valence-corrected chi connectivity index (χ1v) is 6.92. The molecular formula is C15H23F2NO3. The van der Waals surface area contributed by atoms with Gasteiger partial charge in [-0.2, -0.15) is 8.78 Å². The molecule has 1 aromatic carbocycles. The van der Waals surface area contributed by atoms with Gasteiger partial charge in [0.15, 0.2) is 0 Å². The molecule has 1 unspecified atom stereocenters. The predicted molar refractivity (Wildman–Crippen MR) is 77.0 cm³/mol. The molecule has 0 heterocycles. The predicted octanol–water partition coefficient (Wildman–Crippen LogP) is 3.07. The van der Waals surface area contributed by atoms with E-state index in [-0.39, 0.29) is 24.0 Å². The Labute approximate surface area is 124 Å². The molecule has 0 saturated heterocycles. The first-order valence-electron chi connectivity index (χ1n) is 6.92. The maximum Gasteiger partial charge on any atom is 0.386 e. The Morgan fingerprint density at radius 1 is 1.19 bits per heavy atom. The molecule has 0 radical (unpaired) electrons. The number of hydrogen-bond donors (Lipinski definition) is 1. The van der Waals surface area contributed by atoms with E-state index in [0.717, 1.165) is 19.1 Å². The number of rotatable bonds is 8. The highest BCUT2D eigenvalue weighted by molar-refractivity contribution is 5.48. The minimum atomic E-state index is -3.44. The van der Waals surface area contributed by atoms with Crippen molar-refractivity contribution in [1.29, 1.82) is 0 Å². The van der Waals surface area contributed by atoms with Crippen LogP contribution in [0.15, 0.2) is 12.1 Å². The summed E-state index contributed by atoms with van der Waals surface area (Å²) >= 11 is 0. The molecule has 120 valence electrons. The van der Waals surface area contributed by atoms with E-state index in [2.05, 4.69) is 4.74 Å². The van der Waals surface area contributed by atoms with E-state index in [9.17, 15) is 8.78 Å². The molecule has 0 amide bonds. The van der Waals surface area contributed by atoms with E-state index in [1.165, 1.54) is 13.2 Å². The number of alkyl halides is 2. The van der Waals surface area contributed by atoms with Crippen LogP contribution in [-0.2, 0) is 17.3 Å². The fourth-order valence-electron chi connectivity index (χ4n) is 1.99. The first kappa shape index (κ1) is 17.7. The molecule has 0 aliphatic carbocycles. The Balaban J connectivity index is 3.33. The summed E-state index contributed by atoms with van der Waals surface area (Å²) < 4.78 is 42.5. The van der Waals surface area contributed by atoms with Gasteiger partial charge in [0.1, 0.15) is 11.5 Å². The highest BCUT2D eigenvalue weighted by atomic mass is 19.3. The van der Waals surface area contributed by atoms with Gasteiger partial charge in [-0.1, -0.05) is 6.92 Å². The maximum atomic E-state index is 13.9. The third-order valence-corrected chi connectivity index (χ3v) is 3.26. The minimum Gasteiger partial charge on any atom is -0.496 e. The fraction of sp³-hybridized carbons (Fsp3) is 0.600. The highest BCUT2D eigenvalue weighted by Gasteiger charge is 2.36. The minimum absolute atomic E-state index is 0.0674. The number of methoxy groups -OCH3 is 2. The molecule has 0 aliphatic heterocycles. The van der Waals surface area contributed by atoms with Crippen LogP contribution in [-0.4, -0.2) is 26.9 Å². The van der Waals surface area contributed by atoms with Gasteiger partial charge in [-0.25, -0.2) is 0 Å². The Kier molecular flexibility index (Phi) is 6.36. The molecule has 6 heteroatoms. The SMILES string of the molecule is CCOc1cc(CC(N)CC)c(OC)cc1C(F)(F)OC. The van der Waals surface area contributed by atoms with Gasteiger partial charge < -0.3 is 19.9 Å².